The molecule has 29 heavy (non-hydrogen) atoms. The highest BCUT2D eigenvalue weighted by Crippen LogP contribution is 2.26. The Morgan fingerprint density at radius 3 is 2.59 bits per heavy atom. The number of aliphatic imine (C=N–C) groups is 1. The van der Waals surface area contributed by atoms with Crippen molar-refractivity contribution in [3.63, 3.8) is 0 Å². The van der Waals surface area contributed by atoms with Gasteiger partial charge in [-0.15, -0.1) is 0 Å². The molecule has 148 valence electrons. The van der Waals surface area contributed by atoms with Crippen molar-refractivity contribution in [2.45, 2.75) is 20.8 Å². The molecule has 3 aromatic carbocycles. The van der Waals surface area contributed by atoms with Crippen LogP contribution in [0.3, 0.4) is 0 Å². The molecule has 3 rings (SSSR count). The molecule has 0 atom stereocenters. The Hall–Kier alpha value is -2.92. The van der Waals surface area contributed by atoms with Gasteiger partial charge in [-0.25, -0.2) is 0 Å². The van der Waals surface area contributed by atoms with Gasteiger partial charge >= 0.3 is 0 Å². The largest absolute Gasteiger partial charge is 0.483 e. The Bertz CT molecular complexity index is 1060. The molecule has 0 radical (unpaired) electrons. The van der Waals surface area contributed by atoms with E-state index in [2.05, 4.69) is 52.2 Å². The first-order valence-electron chi connectivity index (χ1n) is 9.31. The molecule has 0 aliphatic heterocycles. The van der Waals surface area contributed by atoms with Crippen LogP contribution in [-0.2, 0) is 4.79 Å². The number of ether oxygens (including phenoxy) is 1. The van der Waals surface area contributed by atoms with Gasteiger partial charge in [-0.3, -0.25) is 9.79 Å². The van der Waals surface area contributed by atoms with Crippen LogP contribution in [0, 0.1) is 20.8 Å². The Morgan fingerprint density at radius 2 is 1.86 bits per heavy atom. The lowest BCUT2D eigenvalue weighted by molar-refractivity contribution is -0.118. The molecule has 0 saturated carbocycles. The number of nitrogens with zero attached hydrogens (tertiary/aromatic N) is 1. The third-order valence-electron chi connectivity index (χ3n) is 4.47. The molecule has 0 unspecified atom stereocenters. The molecule has 0 aliphatic carbocycles. The molecule has 1 N–H and O–H groups in total. The summed E-state index contributed by atoms with van der Waals surface area (Å²) in [5.74, 6) is 0.399. The number of carbonyl (C=O) groups excluding carboxylic acids is 1. The number of benzene rings is 3. The van der Waals surface area contributed by atoms with Gasteiger partial charge < -0.3 is 10.1 Å². The summed E-state index contributed by atoms with van der Waals surface area (Å²) in [6, 6.07) is 19.4. The lowest BCUT2D eigenvalue weighted by Gasteiger charge is -2.10. The van der Waals surface area contributed by atoms with Crippen LogP contribution < -0.4 is 10.1 Å². The second-order valence-corrected chi connectivity index (χ2v) is 7.78. The standard InChI is InChI=1S/C24H23BrN2O2/c1-16-5-4-6-21(11-16)27-24(28)15-29-23-10-8-19(13-22(23)25)14-26-20-9-7-17(2)18(3)12-20/h4-14H,15H2,1-3H3,(H,27,28). The number of halogens is 1. The van der Waals surface area contributed by atoms with Gasteiger partial charge in [-0.2, -0.15) is 0 Å². The van der Waals surface area contributed by atoms with Crippen molar-refractivity contribution in [3.05, 3.63) is 87.4 Å². The van der Waals surface area contributed by atoms with Crippen molar-refractivity contribution >= 4 is 39.4 Å². The Labute approximate surface area is 179 Å². The number of hydrogen-bond donors (Lipinski definition) is 1. The molecule has 0 bridgehead atoms. The van der Waals surface area contributed by atoms with Gasteiger partial charge in [0, 0.05) is 11.9 Å². The minimum absolute atomic E-state index is 0.0668. The predicted molar refractivity (Wildman–Crippen MR) is 123 cm³/mol. The average molecular weight is 451 g/mol. The smallest absolute Gasteiger partial charge is 0.262 e. The van der Waals surface area contributed by atoms with Gasteiger partial charge in [-0.1, -0.05) is 18.2 Å². The number of amides is 1. The highest BCUT2D eigenvalue weighted by Gasteiger charge is 2.07. The van der Waals surface area contributed by atoms with Crippen molar-refractivity contribution in [1.82, 2.24) is 0 Å². The fourth-order valence-electron chi connectivity index (χ4n) is 2.73. The van der Waals surface area contributed by atoms with Crippen molar-refractivity contribution < 1.29 is 9.53 Å². The predicted octanol–water partition coefficient (Wildman–Crippen LogP) is 6.14. The molecule has 0 saturated heterocycles. The fourth-order valence-corrected chi connectivity index (χ4v) is 3.24. The molecule has 0 aliphatic rings. The van der Waals surface area contributed by atoms with E-state index in [-0.39, 0.29) is 12.5 Å². The summed E-state index contributed by atoms with van der Waals surface area (Å²) in [4.78, 5) is 16.6. The number of carbonyl (C=O) groups is 1. The van der Waals surface area contributed by atoms with Gasteiger partial charge in [0.05, 0.1) is 10.2 Å². The van der Waals surface area contributed by atoms with Crippen molar-refractivity contribution in [2.75, 3.05) is 11.9 Å². The van der Waals surface area contributed by atoms with Gasteiger partial charge in [0.25, 0.3) is 5.91 Å². The first kappa shape index (κ1) is 20.8. The highest BCUT2D eigenvalue weighted by atomic mass is 79.9. The second kappa shape index (κ2) is 9.52. The third kappa shape index (κ3) is 6.03. The summed E-state index contributed by atoms with van der Waals surface area (Å²) in [5, 5.41) is 2.83. The molecule has 0 heterocycles. The number of anilines is 1. The molecule has 0 aromatic heterocycles. The number of nitrogens with one attached hydrogen (secondary N) is 1. The fraction of sp³-hybridized carbons (Fsp3) is 0.167. The average Bonchev–Trinajstić information content (AvgIpc) is 2.68. The van der Waals surface area contributed by atoms with Crippen LogP contribution in [0.15, 0.2) is 70.1 Å². The highest BCUT2D eigenvalue weighted by molar-refractivity contribution is 9.10. The molecule has 3 aromatic rings. The monoisotopic (exact) mass is 450 g/mol. The van der Waals surface area contributed by atoms with Crippen LogP contribution in [0.25, 0.3) is 0 Å². The number of hydrogen-bond acceptors (Lipinski definition) is 3. The van der Waals surface area contributed by atoms with E-state index < -0.39 is 0 Å². The molecular formula is C24H23BrN2O2. The van der Waals surface area contributed by atoms with Crippen LogP contribution in [0.2, 0.25) is 0 Å². The molecule has 0 fully saturated rings. The maximum atomic E-state index is 12.1. The van der Waals surface area contributed by atoms with Crippen molar-refractivity contribution in [3.8, 4) is 5.75 Å². The SMILES string of the molecule is Cc1cccc(NC(=O)COc2ccc(C=Nc3ccc(C)c(C)c3)cc2Br)c1. The third-order valence-corrected chi connectivity index (χ3v) is 5.09. The minimum atomic E-state index is -0.206. The summed E-state index contributed by atoms with van der Waals surface area (Å²) in [6.45, 7) is 6.07. The molecule has 4 nitrogen and oxygen atoms in total. The number of aryl methyl sites for hydroxylation is 3. The van der Waals surface area contributed by atoms with Gasteiger partial charge in [0.2, 0.25) is 0 Å². The van der Waals surface area contributed by atoms with Crippen molar-refractivity contribution in [1.29, 1.82) is 0 Å². The molecule has 1 amide bonds. The molecule has 5 heteroatoms. The summed E-state index contributed by atoms with van der Waals surface area (Å²) >= 11 is 3.50. The molecular weight excluding hydrogens is 428 g/mol. The summed E-state index contributed by atoms with van der Waals surface area (Å²) < 4.78 is 6.41. The van der Waals surface area contributed by atoms with E-state index in [1.165, 1.54) is 11.1 Å². The van der Waals surface area contributed by atoms with E-state index in [0.717, 1.165) is 27.0 Å². The maximum absolute atomic E-state index is 12.1. The zero-order chi connectivity index (χ0) is 20.8. The van der Waals surface area contributed by atoms with Crippen LogP contribution in [0.5, 0.6) is 5.75 Å². The summed E-state index contributed by atoms with van der Waals surface area (Å²) in [7, 11) is 0. The zero-order valence-electron chi connectivity index (χ0n) is 16.7. The van der Waals surface area contributed by atoms with E-state index in [1.54, 1.807) is 0 Å². The summed E-state index contributed by atoms with van der Waals surface area (Å²) in [5.41, 5.74) is 6.16. The Kier molecular flexibility index (Phi) is 6.83. The van der Waals surface area contributed by atoms with Gasteiger partial charge in [0.15, 0.2) is 6.61 Å². The van der Waals surface area contributed by atoms with Crippen LogP contribution in [0.4, 0.5) is 11.4 Å². The van der Waals surface area contributed by atoms with E-state index in [4.69, 9.17) is 4.74 Å². The first-order valence-corrected chi connectivity index (χ1v) is 10.1. The number of rotatable bonds is 6. The van der Waals surface area contributed by atoms with E-state index in [9.17, 15) is 4.79 Å². The van der Waals surface area contributed by atoms with Crippen LogP contribution >= 0.6 is 15.9 Å². The minimum Gasteiger partial charge on any atom is -0.483 e. The normalized spacial score (nSPS) is 10.9. The van der Waals surface area contributed by atoms with Crippen LogP contribution in [0.1, 0.15) is 22.3 Å². The lowest BCUT2D eigenvalue weighted by atomic mass is 10.1. The Morgan fingerprint density at radius 1 is 1.03 bits per heavy atom. The van der Waals surface area contributed by atoms with E-state index in [0.29, 0.717) is 5.75 Å². The zero-order valence-corrected chi connectivity index (χ0v) is 18.3. The van der Waals surface area contributed by atoms with Gasteiger partial charge in [0.1, 0.15) is 5.75 Å². The Balaban J connectivity index is 1.59. The van der Waals surface area contributed by atoms with E-state index in [1.807, 2.05) is 61.7 Å². The summed E-state index contributed by atoms with van der Waals surface area (Å²) in [6.07, 6.45) is 1.81. The van der Waals surface area contributed by atoms with Gasteiger partial charge in [-0.05, 0) is 101 Å². The van der Waals surface area contributed by atoms with Crippen molar-refractivity contribution in [2.24, 2.45) is 4.99 Å². The maximum Gasteiger partial charge on any atom is 0.262 e. The molecule has 0 spiro atoms. The second-order valence-electron chi connectivity index (χ2n) is 6.92. The lowest BCUT2D eigenvalue weighted by Crippen LogP contribution is -2.20. The quantitative estimate of drug-likeness (QED) is 0.458. The van der Waals surface area contributed by atoms with Crippen LogP contribution in [-0.4, -0.2) is 18.7 Å². The first-order chi connectivity index (χ1) is 13.9. The van der Waals surface area contributed by atoms with E-state index >= 15 is 0 Å². The topological polar surface area (TPSA) is 50.7 Å².